The lowest BCUT2D eigenvalue weighted by atomic mass is 10.2. The Hall–Kier alpha value is -0.810. The zero-order valence-corrected chi connectivity index (χ0v) is 10.9. The van der Waals surface area contributed by atoms with E-state index in [9.17, 15) is 4.79 Å². The average molecular weight is 232 g/mol. The Morgan fingerprint density at radius 1 is 1.44 bits per heavy atom. The van der Waals surface area contributed by atoms with Gasteiger partial charge in [-0.3, -0.25) is 0 Å². The number of carbonyl (C=O) groups excluding carboxylic acids is 1. The zero-order valence-electron chi connectivity index (χ0n) is 10.9. The molecule has 0 aliphatic rings. The van der Waals surface area contributed by atoms with Crippen LogP contribution in [0.15, 0.2) is 0 Å². The van der Waals surface area contributed by atoms with Crippen LogP contribution in [0.25, 0.3) is 0 Å². The molecule has 0 fully saturated rings. The molecular formula is C11H24N2O3. The quantitative estimate of drug-likeness (QED) is 0.737. The summed E-state index contributed by atoms with van der Waals surface area (Å²) in [6.45, 7) is 6.15. The minimum Gasteiger partial charge on any atom is -0.444 e. The topological polar surface area (TPSA) is 61.8 Å². The molecule has 96 valence electrons. The highest BCUT2D eigenvalue weighted by Gasteiger charge is 2.18. The van der Waals surface area contributed by atoms with E-state index in [2.05, 4.69) is 5.32 Å². The third-order valence-electron chi connectivity index (χ3n) is 1.87. The highest BCUT2D eigenvalue weighted by Crippen LogP contribution is 2.07. The van der Waals surface area contributed by atoms with E-state index in [1.54, 1.807) is 20.8 Å². The number of amides is 1. The van der Waals surface area contributed by atoms with Crippen molar-refractivity contribution >= 4 is 6.09 Å². The van der Waals surface area contributed by atoms with Gasteiger partial charge in [0.2, 0.25) is 0 Å². The van der Waals surface area contributed by atoms with Crippen LogP contribution in [0.1, 0.15) is 27.2 Å². The van der Waals surface area contributed by atoms with Gasteiger partial charge in [-0.05, 0) is 47.8 Å². The first-order valence-corrected chi connectivity index (χ1v) is 5.49. The SMILES string of the molecule is CN(C)CC[C@H](CO)NC(=O)OC(C)(C)C. The Kier molecular flexibility index (Phi) is 6.36. The molecule has 0 aromatic carbocycles. The van der Waals surface area contributed by atoms with Crippen molar-refractivity contribution in [1.82, 2.24) is 10.2 Å². The van der Waals surface area contributed by atoms with E-state index >= 15 is 0 Å². The fourth-order valence-corrected chi connectivity index (χ4v) is 1.10. The number of hydrogen-bond donors (Lipinski definition) is 2. The molecular weight excluding hydrogens is 208 g/mol. The van der Waals surface area contributed by atoms with E-state index in [4.69, 9.17) is 9.84 Å². The maximum atomic E-state index is 11.4. The van der Waals surface area contributed by atoms with Crippen molar-refractivity contribution in [2.24, 2.45) is 0 Å². The van der Waals surface area contributed by atoms with Crippen molar-refractivity contribution in [2.45, 2.75) is 38.8 Å². The summed E-state index contributed by atoms with van der Waals surface area (Å²) in [4.78, 5) is 13.4. The zero-order chi connectivity index (χ0) is 12.8. The standard InChI is InChI=1S/C11H24N2O3/c1-11(2,3)16-10(15)12-9(8-14)6-7-13(4)5/h9,14H,6-8H2,1-5H3,(H,12,15)/t9-/m1/s1. The summed E-state index contributed by atoms with van der Waals surface area (Å²) >= 11 is 0. The van der Waals surface area contributed by atoms with Gasteiger partial charge in [-0.1, -0.05) is 0 Å². The van der Waals surface area contributed by atoms with Crippen LogP contribution in [0.3, 0.4) is 0 Å². The van der Waals surface area contributed by atoms with Crippen LogP contribution in [0.2, 0.25) is 0 Å². The van der Waals surface area contributed by atoms with Crippen LogP contribution < -0.4 is 5.32 Å². The summed E-state index contributed by atoms with van der Waals surface area (Å²) < 4.78 is 5.10. The molecule has 0 bridgehead atoms. The Balaban J connectivity index is 3.97. The molecule has 0 aromatic heterocycles. The molecule has 2 N–H and O–H groups in total. The Bertz CT molecular complexity index is 212. The fraction of sp³-hybridized carbons (Fsp3) is 0.909. The number of rotatable bonds is 5. The summed E-state index contributed by atoms with van der Waals surface area (Å²) in [7, 11) is 3.89. The normalized spacial score (nSPS) is 13.7. The lowest BCUT2D eigenvalue weighted by Gasteiger charge is -2.23. The second-order valence-electron chi connectivity index (χ2n) is 5.12. The predicted molar refractivity (Wildman–Crippen MR) is 63.4 cm³/mol. The molecule has 1 amide bonds. The Morgan fingerprint density at radius 3 is 2.38 bits per heavy atom. The van der Waals surface area contributed by atoms with E-state index in [1.165, 1.54) is 0 Å². The molecule has 16 heavy (non-hydrogen) atoms. The van der Waals surface area contributed by atoms with Crippen LogP contribution in [-0.4, -0.2) is 55.0 Å². The molecule has 0 unspecified atom stereocenters. The molecule has 0 heterocycles. The molecule has 0 aliphatic heterocycles. The average Bonchev–Trinajstić information content (AvgIpc) is 2.08. The number of ether oxygens (including phenoxy) is 1. The first kappa shape index (κ1) is 15.2. The number of alkyl carbamates (subject to hydrolysis) is 1. The monoisotopic (exact) mass is 232 g/mol. The molecule has 0 aromatic rings. The number of hydrogen-bond acceptors (Lipinski definition) is 4. The maximum Gasteiger partial charge on any atom is 0.407 e. The molecule has 5 nitrogen and oxygen atoms in total. The molecule has 1 atom stereocenters. The van der Waals surface area contributed by atoms with Gasteiger partial charge in [0, 0.05) is 0 Å². The summed E-state index contributed by atoms with van der Waals surface area (Å²) in [5.74, 6) is 0. The van der Waals surface area contributed by atoms with Crippen LogP contribution in [0, 0.1) is 0 Å². The third kappa shape index (κ3) is 8.49. The van der Waals surface area contributed by atoms with E-state index in [0.29, 0.717) is 6.42 Å². The van der Waals surface area contributed by atoms with Gasteiger partial charge in [0.15, 0.2) is 0 Å². The summed E-state index contributed by atoms with van der Waals surface area (Å²) in [6.07, 6.45) is 0.216. The lowest BCUT2D eigenvalue weighted by molar-refractivity contribution is 0.0476. The second kappa shape index (κ2) is 6.70. The first-order chi connectivity index (χ1) is 7.24. The first-order valence-electron chi connectivity index (χ1n) is 5.49. The molecule has 5 heteroatoms. The summed E-state index contributed by atoms with van der Waals surface area (Å²) in [5.41, 5.74) is -0.508. The largest absolute Gasteiger partial charge is 0.444 e. The van der Waals surface area contributed by atoms with Crippen molar-refractivity contribution < 1.29 is 14.6 Å². The minimum atomic E-state index is -0.508. The smallest absolute Gasteiger partial charge is 0.407 e. The van der Waals surface area contributed by atoms with E-state index < -0.39 is 11.7 Å². The number of nitrogens with zero attached hydrogens (tertiary/aromatic N) is 1. The van der Waals surface area contributed by atoms with Gasteiger partial charge >= 0.3 is 6.09 Å². The van der Waals surface area contributed by atoms with Gasteiger partial charge in [0.1, 0.15) is 5.60 Å². The van der Waals surface area contributed by atoms with Crippen LogP contribution >= 0.6 is 0 Å². The molecule has 0 saturated heterocycles. The molecule has 0 spiro atoms. The summed E-state index contributed by atoms with van der Waals surface area (Å²) in [6, 6.07) is -0.253. The van der Waals surface area contributed by atoms with Gasteiger partial charge in [-0.25, -0.2) is 4.79 Å². The number of carbonyl (C=O) groups is 1. The van der Waals surface area contributed by atoms with Crippen LogP contribution in [0.4, 0.5) is 4.79 Å². The van der Waals surface area contributed by atoms with Gasteiger partial charge in [-0.2, -0.15) is 0 Å². The fourth-order valence-electron chi connectivity index (χ4n) is 1.10. The summed E-state index contributed by atoms with van der Waals surface area (Å²) in [5, 5.41) is 11.7. The Labute approximate surface area is 97.8 Å². The minimum absolute atomic E-state index is 0.0763. The number of nitrogens with one attached hydrogen (secondary N) is 1. The van der Waals surface area contributed by atoms with Gasteiger partial charge < -0.3 is 20.1 Å². The number of aliphatic hydroxyl groups excluding tert-OH is 1. The van der Waals surface area contributed by atoms with E-state index in [0.717, 1.165) is 6.54 Å². The molecule has 0 rings (SSSR count). The van der Waals surface area contributed by atoms with Crippen molar-refractivity contribution in [3.63, 3.8) is 0 Å². The van der Waals surface area contributed by atoms with Gasteiger partial charge in [0.05, 0.1) is 12.6 Å². The van der Waals surface area contributed by atoms with Crippen LogP contribution in [0.5, 0.6) is 0 Å². The maximum absolute atomic E-state index is 11.4. The highest BCUT2D eigenvalue weighted by atomic mass is 16.6. The molecule has 0 aliphatic carbocycles. The van der Waals surface area contributed by atoms with E-state index in [1.807, 2.05) is 19.0 Å². The van der Waals surface area contributed by atoms with Crippen molar-refractivity contribution in [3.05, 3.63) is 0 Å². The van der Waals surface area contributed by atoms with Gasteiger partial charge in [-0.15, -0.1) is 0 Å². The van der Waals surface area contributed by atoms with E-state index in [-0.39, 0.29) is 12.6 Å². The Morgan fingerprint density at radius 2 is 2.00 bits per heavy atom. The van der Waals surface area contributed by atoms with Crippen LogP contribution in [-0.2, 0) is 4.74 Å². The highest BCUT2D eigenvalue weighted by molar-refractivity contribution is 5.68. The lowest BCUT2D eigenvalue weighted by Crippen LogP contribution is -2.42. The predicted octanol–water partition coefficient (Wildman–Crippen LogP) is 0.824. The van der Waals surface area contributed by atoms with Crippen molar-refractivity contribution in [2.75, 3.05) is 27.2 Å². The third-order valence-corrected chi connectivity index (χ3v) is 1.87. The van der Waals surface area contributed by atoms with Gasteiger partial charge in [0.25, 0.3) is 0 Å². The second-order valence-corrected chi connectivity index (χ2v) is 5.12. The van der Waals surface area contributed by atoms with Crippen molar-refractivity contribution in [3.8, 4) is 0 Å². The number of aliphatic hydroxyl groups is 1. The van der Waals surface area contributed by atoms with Crippen molar-refractivity contribution in [1.29, 1.82) is 0 Å². The molecule has 0 radical (unpaired) electrons. The molecule has 0 saturated carbocycles.